The molecule has 0 radical (unpaired) electrons. The highest BCUT2D eigenvalue weighted by Gasteiger charge is 2.48. The summed E-state index contributed by atoms with van der Waals surface area (Å²) >= 11 is 0. The lowest BCUT2D eigenvalue weighted by atomic mass is 9.83. The topological polar surface area (TPSA) is 44.8 Å². The molecule has 1 aromatic rings. The molecule has 0 N–H and O–H groups in total. The zero-order chi connectivity index (χ0) is 27.9. The molecule has 1 unspecified atom stereocenters. The first kappa shape index (κ1) is 32.8. The summed E-state index contributed by atoms with van der Waals surface area (Å²) in [4.78, 5) is 12.9. The average molecular weight is 545 g/mol. The molecule has 1 atom stereocenters. The van der Waals surface area contributed by atoms with E-state index in [9.17, 15) is 4.79 Å². The van der Waals surface area contributed by atoms with Crippen molar-refractivity contribution < 1.29 is 18.7 Å². The van der Waals surface area contributed by atoms with Crippen LogP contribution in [0.2, 0.25) is 18.1 Å². The number of rotatable bonds is 19. The molecule has 5 heteroatoms. The Bertz CT molecular complexity index is 827. The van der Waals surface area contributed by atoms with Crippen LogP contribution in [0.3, 0.4) is 0 Å². The summed E-state index contributed by atoms with van der Waals surface area (Å²) in [5, 5.41) is 0.0991. The highest BCUT2D eigenvalue weighted by Crippen LogP contribution is 2.41. The minimum absolute atomic E-state index is 0.0991. The van der Waals surface area contributed by atoms with Gasteiger partial charge in [0.25, 0.3) is 0 Å². The van der Waals surface area contributed by atoms with Crippen molar-refractivity contribution >= 4 is 14.3 Å². The molecule has 2 rings (SSSR count). The summed E-state index contributed by atoms with van der Waals surface area (Å²) in [5.74, 6) is -0.199. The van der Waals surface area contributed by atoms with Gasteiger partial charge in [0.05, 0.1) is 18.6 Å². The summed E-state index contributed by atoms with van der Waals surface area (Å²) in [6.45, 7) is 15.3. The number of unbranched alkanes of at least 4 members (excludes halogenated alkanes) is 11. The number of esters is 1. The first-order valence-electron chi connectivity index (χ1n) is 15.2. The molecule has 0 spiro atoms. The maximum atomic E-state index is 12.9. The van der Waals surface area contributed by atoms with E-state index in [0.29, 0.717) is 26.4 Å². The number of carbonyl (C=O) groups excluding carboxylic acids is 1. The molecule has 0 amide bonds. The maximum Gasteiger partial charge on any atom is 0.334 e. The third kappa shape index (κ3) is 11.0. The largest absolute Gasteiger partial charge is 0.461 e. The maximum absolute atomic E-state index is 12.9. The minimum atomic E-state index is -1.99. The van der Waals surface area contributed by atoms with E-state index in [-0.39, 0.29) is 11.0 Å². The molecule has 1 aliphatic heterocycles. The Morgan fingerprint density at radius 2 is 1.47 bits per heavy atom. The molecule has 0 saturated carbocycles. The molecule has 1 heterocycles. The number of hydrogen-bond acceptors (Lipinski definition) is 4. The molecular weight excluding hydrogens is 488 g/mol. The third-order valence-electron chi connectivity index (χ3n) is 8.43. The van der Waals surface area contributed by atoms with E-state index in [4.69, 9.17) is 13.9 Å². The number of ether oxygens (including phenoxy) is 2. The van der Waals surface area contributed by atoms with E-state index in [1.807, 2.05) is 18.2 Å². The van der Waals surface area contributed by atoms with Crippen LogP contribution in [0.4, 0.5) is 0 Å². The zero-order valence-corrected chi connectivity index (χ0v) is 26.4. The van der Waals surface area contributed by atoms with Crippen LogP contribution in [-0.4, -0.2) is 34.1 Å². The van der Waals surface area contributed by atoms with E-state index in [1.165, 1.54) is 64.2 Å². The first-order chi connectivity index (χ1) is 18.1. The van der Waals surface area contributed by atoms with Gasteiger partial charge in [-0.15, -0.1) is 0 Å². The van der Waals surface area contributed by atoms with Crippen molar-refractivity contribution in [2.45, 2.75) is 129 Å². The second kappa shape index (κ2) is 16.6. The lowest BCUT2D eigenvalue weighted by Crippen LogP contribution is -2.46. The molecular formula is C33H56O4Si. The van der Waals surface area contributed by atoms with Gasteiger partial charge in [0.2, 0.25) is 0 Å². The van der Waals surface area contributed by atoms with Gasteiger partial charge in [-0.25, -0.2) is 4.79 Å². The fourth-order valence-corrected chi connectivity index (χ4v) is 5.75. The van der Waals surface area contributed by atoms with Crippen LogP contribution in [0.5, 0.6) is 0 Å². The van der Waals surface area contributed by atoms with Crippen LogP contribution in [0.25, 0.3) is 0 Å². The van der Waals surface area contributed by atoms with Crippen molar-refractivity contribution in [3.63, 3.8) is 0 Å². The van der Waals surface area contributed by atoms with Crippen LogP contribution in [0, 0.1) is 5.41 Å². The van der Waals surface area contributed by atoms with Crippen molar-refractivity contribution in [1.29, 1.82) is 0 Å². The molecule has 38 heavy (non-hydrogen) atoms. The van der Waals surface area contributed by atoms with Crippen LogP contribution in [0.15, 0.2) is 42.0 Å². The lowest BCUT2D eigenvalue weighted by molar-refractivity contribution is -0.135. The van der Waals surface area contributed by atoms with E-state index < -0.39 is 13.7 Å². The SMILES string of the molecule is CCCCCCCCCCCCC/C=C1\C(=O)OCC1(COCc1ccccc1)CO[Si](C)(C)C(C)(C)C. The molecule has 216 valence electrons. The Kier molecular flexibility index (Phi) is 14.3. The fourth-order valence-electron chi connectivity index (χ4n) is 4.68. The summed E-state index contributed by atoms with van der Waals surface area (Å²) in [5.41, 5.74) is 1.35. The first-order valence-corrected chi connectivity index (χ1v) is 18.2. The minimum Gasteiger partial charge on any atom is -0.461 e. The van der Waals surface area contributed by atoms with E-state index in [1.54, 1.807) is 0 Å². The third-order valence-corrected chi connectivity index (χ3v) is 12.9. The number of cyclic esters (lactones) is 1. The monoisotopic (exact) mass is 544 g/mol. The molecule has 1 saturated heterocycles. The van der Waals surface area contributed by atoms with Gasteiger partial charge in [-0.3, -0.25) is 0 Å². The average Bonchev–Trinajstić information content (AvgIpc) is 3.19. The Hall–Kier alpha value is -1.43. The molecule has 1 fully saturated rings. The Morgan fingerprint density at radius 3 is 2.05 bits per heavy atom. The van der Waals surface area contributed by atoms with E-state index >= 15 is 0 Å². The standard InChI is InChI=1S/C33H56O4Si/c1-7-8-9-10-11-12-13-14-15-16-17-21-24-30-31(34)36-27-33(30,28-37-38(5,6)32(2,3)4)26-35-25-29-22-19-18-20-23-29/h18-20,22-24H,7-17,21,25-28H2,1-6H3/b30-24+. The van der Waals surface area contributed by atoms with Gasteiger partial charge in [0.1, 0.15) is 6.61 Å². The second-order valence-corrected chi connectivity index (χ2v) is 17.6. The van der Waals surface area contributed by atoms with Gasteiger partial charge in [0.15, 0.2) is 8.32 Å². The number of hydrogen-bond donors (Lipinski definition) is 0. The second-order valence-electron chi connectivity index (χ2n) is 12.8. The summed E-state index contributed by atoms with van der Waals surface area (Å²) in [6, 6.07) is 10.2. The molecule has 0 aromatic heterocycles. The molecule has 0 aliphatic carbocycles. The summed E-state index contributed by atoms with van der Waals surface area (Å²) < 4.78 is 18.5. The number of benzene rings is 1. The fraction of sp³-hybridized carbons (Fsp3) is 0.727. The van der Waals surface area contributed by atoms with Gasteiger partial charge in [0, 0.05) is 12.2 Å². The molecule has 4 nitrogen and oxygen atoms in total. The Morgan fingerprint density at radius 1 is 0.895 bits per heavy atom. The van der Waals surface area contributed by atoms with Crippen LogP contribution in [-0.2, 0) is 25.3 Å². The van der Waals surface area contributed by atoms with Gasteiger partial charge in [-0.1, -0.05) is 128 Å². The quantitative estimate of drug-likeness (QED) is 0.0753. The van der Waals surface area contributed by atoms with Crippen molar-refractivity contribution in [2.24, 2.45) is 5.41 Å². The smallest absolute Gasteiger partial charge is 0.334 e. The number of carbonyl (C=O) groups is 1. The highest BCUT2D eigenvalue weighted by molar-refractivity contribution is 6.74. The molecule has 0 bridgehead atoms. The normalized spacial score (nSPS) is 19.3. The van der Waals surface area contributed by atoms with E-state index in [2.05, 4.69) is 59.0 Å². The molecule has 1 aliphatic rings. The van der Waals surface area contributed by atoms with Crippen molar-refractivity contribution in [3.8, 4) is 0 Å². The van der Waals surface area contributed by atoms with Gasteiger partial charge >= 0.3 is 5.97 Å². The van der Waals surface area contributed by atoms with Gasteiger partial charge in [-0.2, -0.15) is 0 Å². The van der Waals surface area contributed by atoms with Gasteiger partial charge < -0.3 is 13.9 Å². The predicted molar refractivity (Wildman–Crippen MR) is 162 cm³/mol. The Labute approximate surface area is 235 Å². The van der Waals surface area contributed by atoms with Gasteiger partial charge in [-0.05, 0) is 36.5 Å². The zero-order valence-electron chi connectivity index (χ0n) is 25.4. The van der Waals surface area contributed by atoms with Crippen LogP contribution < -0.4 is 0 Å². The van der Waals surface area contributed by atoms with Crippen LogP contribution >= 0.6 is 0 Å². The predicted octanol–water partition coefficient (Wildman–Crippen LogP) is 9.40. The lowest BCUT2D eigenvalue weighted by Gasteiger charge is -2.39. The van der Waals surface area contributed by atoms with Crippen molar-refractivity contribution in [2.75, 3.05) is 19.8 Å². The molecule has 1 aromatic carbocycles. The van der Waals surface area contributed by atoms with Crippen molar-refractivity contribution in [3.05, 3.63) is 47.5 Å². The van der Waals surface area contributed by atoms with E-state index in [0.717, 1.165) is 24.0 Å². The highest BCUT2D eigenvalue weighted by atomic mass is 28.4. The van der Waals surface area contributed by atoms with Crippen molar-refractivity contribution in [1.82, 2.24) is 0 Å². The Balaban J connectivity index is 1.92. The number of allylic oxidation sites excluding steroid dienone is 1. The van der Waals surface area contributed by atoms with Crippen LogP contribution in [0.1, 0.15) is 110 Å². The summed E-state index contributed by atoms with van der Waals surface area (Å²) in [6.07, 6.45) is 17.6. The summed E-state index contributed by atoms with van der Waals surface area (Å²) in [7, 11) is -1.99.